The highest BCUT2D eigenvalue weighted by Crippen LogP contribution is 2.39. The fraction of sp³-hybridized carbons (Fsp3) is 0.176. The third kappa shape index (κ3) is 3.22. The number of nitrogens with one attached hydrogen (secondary N) is 1. The van der Waals surface area contributed by atoms with E-state index in [4.69, 9.17) is 9.47 Å². The monoisotopic (exact) mass is 405 g/mol. The minimum Gasteiger partial charge on any atom is -0.454 e. The number of nitrogens with zero attached hydrogens (tertiary/aromatic N) is 2. The lowest BCUT2D eigenvalue weighted by Gasteiger charge is -2.11. The van der Waals surface area contributed by atoms with Crippen LogP contribution < -0.4 is 14.8 Å². The van der Waals surface area contributed by atoms with Crippen LogP contribution in [0.2, 0.25) is 0 Å². The number of ether oxygens (including phenoxy) is 2. The summed E-state index contributed by atoms with van der Waals surface area (Å²) in [6.07, 6.45) is 0. The zero-order chi connectivity index (χ0) is 19.2. The van der Waals surface area contributed by atoms with Gasteiger partial charge in [0, 0.05) is 31.8 Å². The largest absolute Gasteiger partial charge is 0.454 e. The van der Waals surface area contributed by atoms with Gasteiger partial charge in [0.25, 0.3) is 5.91 Å². The third-order valence-electron chi connectivity index (χ3n) is 4.00. The van der Waals surface area contributed by atoms with Gasteiger partial charge in [-0.1, -0.05) is 11.3 Å². The Morgan fingerprint density at radius 2 is 1.81 bits per heavy atom. The molecule has 4 rings (SSSR count). The van der Waals surface area contributed by atoms with Crippen LogP contribution in [-0.2, 0) is 10.0 Å². The number of thiazole rings is 1. The van der Waals surface area contributed by atoms with Gasteiger partial charge in [-0.05, 0) is 24.3 Å². The van der Waals surface area contributed by atoms with Crippen molar-refractivity contribution in [1.29, 1.82) is 0 Å². The van der Waals surface area contributed by atoms with Crippen LogP contribution in [-0.4, -0.2) is 44.5 Å². The van der Waals surface area contributed by atoms with Crippen LogP contribution >= 0.6 is 11.3 Å². The van der Waals surface area contributed by atoms with Gasteiger partial charge in [-0.3, -0.25) is 10.1 Å². The minimum atomic E-state index is -3.53. The summed E-state index contributed by atoms with van der Waals surface area (Å²) in [6, 6.07) is 9.34. The van der Waals surface area contributed by atoms with E-state index in [1.807, 2.05) is 6.07 Å². The average molecular weight is 405 g/mol. The molecule has 0 spiro atoms. The van der Waals surface area contributed by atoms with Gasteiger partial charge in [-0.2, -0.15) is 0 Å². The van der Waals surface area contributed by atoms with Crippen LogP contribution in [0.1, 0.15) is 10.4 Å². The first-order valence-corrected chi connectivity index (χ1v) is 10.1. The van der Waals surface area contributed by atoms with Gasteiger partial charge < -0.3 is 9.47 Å². The summed E-state index contributed by atoms with van der Waals surface area (Å²) in [7, 11) is -0.626. The molecule has 27 heavy (non-hydrogen) atoms. The highest BCUT2D eigenvalue weighted by molar-refractivity contribution is 7.89. The van der Waals surface area contributed by atoms with Gasteiger partial charge in [0.1, 0.15) is 0 Å². The molecule has 2 heterocycles. The van der Waals surface area contributed by atoms with Gasteiger partial charge in [-0.25, -0.2) is 17.7 Å². The highest BCUT2D eigenvalue weighted by Gasteiger charge is 2.19. The van der Waals surface area contributed by atoms with E-state index in [9.17, 15) is 13.2 Å². The molecule has 1 aliphatic heterocycles. The van der Waals surface area contributed by atoms with Crippen molar-refractivity contribution in [1.82, 2.24) is 9.29 Å². The van der Waals surface area contributed by atoms with E-state index in [0.717, 1.165) is 9.01 Å². The Hall–Kier alpha value is -2.69. The van der Waals surface area contributed by atoms with Crippen LogP contribution in [0.5, 0.6) is 11.5 Å². The minimum absolute atomic E-state index is 0.124. The number of amides is 1. The van der Waals surface area contributed by atoms with E-state index in [1.54, 1.807) is 6.07 Å². The second kappa shape index (κ2) is 6.48. The summed E-state index contributed by atoms with van der Waals surface area (Å²) < 4.78 is 36.8. The maximum Gasteiger partial charge on any atom is 0.257 e. The molecule has 0 saturated heterocycles. The Labute approximate surface area is 159 Å². The number of aromatic nitrogens is 1. The van der Waals surface area contributed by atoms with E-state index >= 15 is 0 Å². The molecular formula is C17H15N3O5S2. The molecule has 0 bridgehead atoms. The molecule has 1 amide bonds. The average Bonchev–Trinajstić information content (AvgIpc) is 3.24. The fourth-order valence-electron chi connectivity index (χ4n) is 2.53. The summed E-state index contributed by atoms with van der Waals surface area (Å²) in [6.45, 7) is 0.190. The summed E-state index contributed by atoms with van der Waals surface area (Å²) in [5, 5.41) is 3.16. The van der Waals surface area contributed by atoms with E-state index in [2.05, 4.69) is 10.3 Å². The molecule has 0 saturated carbocycles. The number of rotatable bonds is 4. The molecule has 0 unspecified atom stereocenters. The first-order chi connectivity index (χ1) is 12.8. The SMILES string of the molecule is CN(C)S(=O)(=O)c1ccc(C(=O)Nc2nc3cc4c(cc3s2)OCO4)cc1. The summed E-state index contributed by atoms with van der Waals surface area (Å²) in [4.78, 5) is 16.9. The first kappa shape index (κ1) is 17.7. The van der Waals surface area contributed by atoms with Crippen molar-refractivity contribution in [2.45, 2.75) is 4.90 Å². The smallest absolute Gasteiger partial charge is 0.257 e. The van der Waals surface area contributed by atoms with Gasteiger partial charge in [-0.15, -0.1) is 0 Å². The Kier molecular flexibility index (Phi) is 4.25. The molecule has 0 radical (unpaired) electrons. The standard InChI is InChI=1S/C17H15N3O5S2/c1-20(2)27(22,23)11-5-3-10(4-6-11)16(21)19-17-18-12-7-13-14(25-9-24-13)8-15(12)26-17/h3-8H,9H2,1-2H3,(H,18,19,21). The Bertz CT molecular complexity index is 1100. The molecule has 2 aromatic carbocycles. The Balaban J connectivity index is 1.55. The number of carbonyl (C=O) groups is 1. The molecule has 0 atom stereocenters. The van der Waals surface area contributed by atoms with E-state index < -0.39 is 10.0 Å². The molecule has 1 aromatic heterocycles. The predicted molar refractivity (Wildman–Crippen MR) is 101 cm³/mol. The van der Waals surface area contributed by atoms with Crippen molar-refractivity contribution < 1.29 is 22.7 Å². The number of benzene rings is 2. The third-order valence-corrected chi connectivity index (χ3v) is 6.76. The van der Waals surface area contributed by atoms with E-state index in [-0.39, 0.29) is 17.6 Å². The van der Waals surface area contributed by atoms with Gasteiger partial charge in [0.15, 0.2) is 16.6 Å². The molecule has 1 N–H and O–H groups in total. The van der Waals surface area contributed by atoms with Crippen LogP contribution in [0.4, 0.5) is 5.13 Å². The summed E-state index contributed by atoms with van der Waals surface area (Å²) >= 11 is 1.32. The van der Waals surface area contributed by atoms with Crippen LogP contribution in [0.3, 0.4) is 0 Å². The maximum absolute atomic E-state index is 12.4. The topological polar surface area (TPSA) is 97.8 Å². The predicted octanol–water partition coefficient (Wildman–Crippen LogP) is 2.53. The fourth-order valence-corrected chi connectivity index (χ4v) is 4.30. The van der Waals surface area contributed by atoms with Crippen molar-refractivity contribution in [2.24, 2.45) is 0 Å². The van der Waals surface area contributed by atoms with Gasteiger partial charge in [0.2, 0.25) is 16.8 Å². The van der Waals surface area contributed by atoms with Crippen LogP contribution in [0, 0.1) is 0 Å². The normalized spacial score (nSPS) is 13.3. The number of hydrogen-bond acceptors (Lipinski definition) is 7. The lowest BCUT2D eigenvalue weighted by molar-refractivity contribution is 0.102. The van der Waals surface area contributed by atoms with E-state index in [1.165, 1.54) is 49.7 Å². The molecule has 0 aliphatic carbocycles. The van der Waals surface area contributed by atoms with Crippen molar-refractivity contribution >= 4 is 42.6 Å². The number of carbonyl (C=O) groups excluding carboxylic acids is 1. The number of sulfonamides is 1. The van der Waals surface area contributed by atoms with Crippen molar-refractivity contribution in [3.63, 3.8) is 0 Å². The van der Waals surface area contributed by atoms with Crippen molar-refractivity contribution in [3.05, 3.63) is 42.0 Å². The zero-order valence-corrected chi connectivity index (χ0v) is 16.1. The number of fused-ring (bicyclic) bond motifs is 2. The molecule has 10 heteroatoms. The second-order valence-corrected chi connectivity index (χ2v) is 9.14. The Morgan fingerprint density at radius 1 is 1.15 bits per heavy atom. The molecule has 1 aliphatic rings. The van der Waals surface area contributed by atoms with Crippen LogP contribution in [0.15, 0.2) is 41.3 Å². The molecule has 8 nitrogen and oxygen atoms in total. The molecule has 140 valence electrons. The summed E-state index contributed by atoms with van der Waals surface area (Å²) in [5.74, 6) is 0.910. The first-order valence-electron chi connectivity index (χ1n) is 7.89. The second-order valence-electron chi connectivity index (χ2n) is 5.96. The van der Waals surface area contributed by atoms with E-state index in [0.29, 0.717) is 27.7 Å². The summed E-state index contributed by atoms with van der Waals surface area (Å²) in [5.41, 5.74) is 1.04. The highest BCUT2D eigenvalue weighted by atomic mass is 32.2. The van der Waals surface area contributed by atoms with Crippen molar-refractivity contribution in [3.8, 4) is 11.5 Å². The molecular weight excluding hydrogens is 390 g/mol. The number of anilines is 1. The lowest BCUT2D eigenvalue weighted by atomic mass is 10.2. The molecule has 0 fully saturated rings. The Morgan fingerprint density at radius 3 is 2.48 bits per heavy atom. The van der Waals surface area contributed by atoms with Crippen molar-refractivity contribution in [2.75, 3.05) is 26.2 Å². The lowest BCUT2D eigenvalue weighted by Crippen LogP contribution is -2.22. The van der Waals surface area contributed by atoms with Gasteiger partial charge in [0.05, 0.1) is 15.1 Å². The van der Waals surface area contributed by atoms with Gasteiger partial charge >= 0.3 is 0 Å². The van der Waals surface area contributed by atoms with Crippen LogP contribution in [0.25, 0.3) is 10.2 Å². The maximum atomic E-state index is 12.4. The molecule has 3 aromatic rings. The quantitative estimate of drug-likeness (QED) is 0.716. The number of hydrogen-bond donors (Lipinski definition) is 1. The zero-order valence-electron chi connectivity index (χ0n) is 14.4.